The fraction of sp³-hybridized carbons (Fsp3) is 0.450. The van der Waals surface area contributed by atoms with Gasteiger partial charge in [-0.3, -0.25) is 4.57 Å². The van der Waals surface area contributed by atoms with E-state index in [1.165, 1.54) is 32.1 Å². The normalized spacial score (nSPS) is 16.5. The highest BCUT2D eigenvalue weighted by Crippen LogP contribution is 2.41. The van der Waals surface area contributed by atoms with E-state index in [1.54, 1.807) is 23.9 Å². The van der Waals surface area contributed by atoms with Gasteiger partial charge in [-0.1, -0.05) is 23.4 Å². The van der Waals surface area contributed by atoms with Crippen LogP contribution >= 0.6 is 23.4 Å². The zero-order valence-electron chi connectivity index (χ0n) is 17.0. The number of hydrogen-bond donors (Lipinski definition) is 2. The first-order valence-electron chi connectivity index (χ1n) is 10.5. The Hall–Kier alpha value is -2.59. The first-order chi connectivity index (χ1) is 15.2. The van der Waals surface area contributed by atoms with Crippen LogP contribution in [0.5, 0.6) is 0 Å². The summed E-state index contributed by atoms with van der Waals surface area (Å²) in [4.78, 5) is 15.4. The van der Waals surface area contributed by atoms with Crippen LogP contribution in [0.1, 0.15) is 44.0 Å². The van der Waals surface area contributed by atoms with E-state index in [0.29, 0.717) is 28.6 Å². The molecule has 3 heterocycles. The van der Waals surface area contributed by atoms with Crippen molar-refractivity contribution in [2.24, 2.45) is 0 Å². The molecule has 1 aliphatic carbocycles. The van der Waals surface area contributed by atoms with Crippen molar-refractivity contribution in [2.75, 3.05) is 29.0 Å². The molecule has 11 heteroatoms. The first-order valence-corrected chi connectivity index (χ1v) is 11.9. The maximum atomic E-state index is 5.95. The van der Waals surface area contributed by atoms with E-state index in [4.69, 9.17) is 17.3 Å². The lowest BCUT2D eigenvalue weighted by Gasteiger charge is -2.27. The largest absolute Gasteiger partial charge is 0.368 e. The molecule has 3 N–H and O–H groups in total. The third-order valence-electron chi connectivity index (χ3n) is 5.33. The summed E-state index contributed by atoms with van der Waals surface area (Å²) in [6.07, 6.45) is 6.09. The molecular formula is C20H24ClN9S. The Kier molecular flexibility index (Phi) is 5.82. The van der Waals surface area contributed by atoms with Gasteiger partial charge in [0.25, 0.3) is 0 Å². The van der Waals surface area contributed by atoms with Crippen molar-refractivity contribution in [3.05, 3.63) is 35.1 Å². The van der Waals surface area contributed by atoms with Gasteiger partial charge in [0.05, 0.1) is 5.75 Å². The summed E-state index contributed by atoms with van der Waals surface area (Å²) < 4.78 is 2.30. The first kappa shape index (κ1) is 20.3. The van der Waals surface area contributed by atoms with Crippen LogP contribution in [-0.4, -0.2) is 42.8 Å². The van der Waals surface area contributed by atoms with Gasteiger partial charge in [-0.2, -0.15) is 15.0 Å². The molecule has 0 atom stereocenters. The van der Waals surface area contributed by atoms with Crippen molar-refractivity contribution in [3.8, 4) is 0 Å². The number of thioether (sulfide) groups is 1. The summed E-state index contributed by atoms with van der Waals surface area (Å²) in [5, 5.41) is 13.7. The lowest BCUT2D eigenvalue weighted by molar-refractivity contribution is 0.548. The molecule has 0 unspecified atom stereocenters. The van der Waals surface area contributed by atoms with Crippen LogP contribution in [-0.2, 0) is 5.75 Å². The van der Waals surface area contributed by atoms with Gasteiger partial charge in [0.1, 0.15) is 5.82 Å². The molecule has 3 aromatic rings. The quantitative estimate of drug-likeness (QED) is 0.507. The minimum atomic E-state index is 0.180. The fourth-order valence-electron chi connectivity index (χ4n) is 3.68. The van der Waals surface area contributed by atoms with Crippen molar-refractivity contribution < 1.29 is 0 Å². The van der Waals surface area contributed by atoms with Gasteiger partial charge in [0, 0.05) is 29.8 Å². The minimum Gasteiger partial charge on any atom is -0.368 e. The highest BCUT2D eigenvalue weighted by atomic mass is 35.5. The van der Waals surface area contributed by atoms with Crippen LogP contribution in [0.15, 0.2) is 29.4 Å². The number of nitrogens with one attached hydrogen (secondary N) is 1. The molecule has 162 valence electrons. The number of halogens is 1. The molecule has 5 rings (SSSR count). The van der Waals surface area contributed by atoms with E-state index in [2.05, 4.69) is 39.9 Å². The number of hydrogen-bond acceptors (Lipinski definition) is 9. The third-order valence-corrected chi connectivity index (χ3v) is 6.52. The van der Waals surface area contributed by atoms with Crippen molar-refractivity contribution in [1.29, 1.82) is 0 Å². The summed E-state index contributed by atoms with van der Waals surface area (Å²) in [5.41, 5.74) is 6.75. The minimum absolute atomic E-state index is 0.180. The lowest BCUT2D eigenvalue weighted by atomic mass is 10.1. The Labute approximate surface area is 189 Å². The van der Waals surface area contributed by atoms with Gasteiger partial charge < -0.3 is 16.0 Å². The summed E-state index contributed by atoms with van der Waals surface area (Å²) in [7, 11) is 0. The van der Waals surface area contributed by atoms with Crippen LogP contribution in [0.2, 0.25) is 5.02 Å². The van der Waals surface area contributed by atoms with E-state index >= 15 is 0 Å². The van der Waals surface area contributed by atoms with E-state index < -0.39 is 0 Å². The lowest BCUT2D eigenvalue weighted by Crippen LogP contribution is -2.31. The number of nitrogen functional groups attached to an aromatic ring is 1. The van der Waals surface area contributed by atoms with Crippen molar-refractivity contribution in [1.82, 2.24) is 29.7 Å². The number of benzene rings is 1. The summed E-state index contributed by atoms with van der Waals surface area (Å²) in [5.74, 6) is 2.72. The Morgan fingerprint density at radius 3 is 2.55 bits per heavy atom. The van der Waals surface area contributed by atoms with Gasteiger partial charge in [-0.25, -0.2) is 0 Å². The van der Waals surface area contributed by atoms with Crippen molar-refractivity contribution >= 4 is 46.9 Å². The van der Waals surface area contributed by atoms with Crippen LogP contribution in [0.3, 0.4) is 0 Å². The molecule has 1 aromatic carbocycles. The van der Waals surface area contributed by atoms with Crippen LogP contribution in [0.4, 0.5) is 23.5 Å². The maximum absolute atomic E-state index is 5.95. The number of anilines is 4. The van der Waals surface area contributed by atoms with Gasteiger partial charge in [0.15, 0.2) is 5.16 Å². The number of piperidine rings is 1. The molecule has 2 aliphatic rings. The number of nitrogens with two attached hydrogens (primary N) is 1. The van der Waals surface area contributed by atoms with E-state index in [9.17, 15) is 0 Å². The smallest absolute Gasteiger partial charge is 0.232 e. The Morgan fingerprint density at radius 2 is 1.81 bits per heavy atom. The second kappa shape index (κ2) is 8.88. The molecule has 9 nitrogen and oxygen atoms in total. The van der Waals surface area contributed by atoms with Gasteiger partial charge in [0.2, 0.25) is 17.8 Å². The molecule has 2 aromatic heterocycles. The highest BCUT2D eigenvalue weighted by molar-refractivity contribution is 7.98. The summed E-state index contributed by atoms with van der Waals surface area (Å²) in [6.45, 7) is 2.11. The SMILES string of the molecule is Nc1nc(CSc2nnc(N3CCCCC3)n2C2CC2)nc(Nc2ccc(Cl)cc2)n1. The van der Waals surface area contributed by atoms with Crippen LogP contribution in [0, 0.1) is 0 Å². The van der Waals surface area contributed by atoms with E-state index in [0.717, 1.165) is 29.9 Å². The standard InChI is InChI=1S/C20H24ClN9S/c21-13-4-6-14(7-5-13)23-18-25-16(24-17(22)26-18)12-31-20-28-27-19(30(20)15-8-9-15)29-10-2-1-3-11-29/h4-7,15H,1-3,8-12H2,(H3,22,23,24,25,26). The fourth-order valence-corrected chi connectivity index (χ4v) is 4.66. The Balaban J connectivity index is 1.31. The Morgan fingerprint density at radius 1 is 1.03 bits per heavy atom. The van der Waals surface area contributed by atoms with Crippen LogP contribution < -0.4 is 16.0 Å². The van der Waals surface area contributed by atoms with Crippen molar-refractivity contribution in [3.63, 3.8) is 0 Å². The van der Waals surface area contributed by atoms with Gasteiger partial charge in [-0.05, 0) is 56.4 Å². The molecule has 1 saturated heterocycles. The number of rotatable bonds is 7. The topological polar surface area (TPSA) is 111 Å². The van der Waals surface area contributed by atoms with Gasteiger partial charge in [-0.15, -0.1) is 10.2 Å². The molecule has 0 bridgehead atoms. The van der Waals surface area contributed by atoms with Gasteiger partial charge >= 0.3 is 0 Å². The molecule has 0 amide bonds. The average Bonchev–Trinajstić information content (AvgIpc) is 3.53. The summed E-state index contributed by atoms with van der Waals surface area (Å²) in [6, 6.07) is 7.82. The predicted octanol–water partition coefficient (Wildman–Crippen LogP) is 4.06. The van der Waals surface area contributed by atoms with E-state index in [-0.39, 0.29) is 5.95 Å². The molecule has 1 saturated carbocycles. The second-order valence-electron chi connectivity index (χ2n) is 7.79. The Bertz CT molecular complexity index is 1050. The predicted molar refractivity (Wildman–Crippen MR) is 123 cm³/mol. The average molecular weight is 458 g/mol. The monoisotopic (exact) mass is 457 g/mol. The highest BCUT2D eigenvalue weighted by Gasteiger charge is 2.32. The van der Waals surface area contributed by atoms with Crippen molar-refractivity contribution in [2.45, 2.75) is 49.1 Å². The molecule has 0 spiro atoms. The molecule has 31 heavy (non-hydrogen) atoms. The van der Waals surface area contributed by atoms with Crippen LogP contribution in [0.25, 0.3) is 0 Å². The zero-order chi connectivity index (χ0) is 21.2. The second-order valence-corrected chi connectivity index (χ2v) is 9.16. The molecule has 0 radical (unpaired) electrons. The molecule has 1 aliphatic heterocycles. The van der Waals surface area contributed by atoms with E-state index in [1.807, 2.05) is 12.1 Å². The molecular weight excluding hydrogens is 434 g/mol. The maximum Gasteiger partial charge on any atom is 0.232 e. The third kappa shape index (κ3) is 4.85. The number of aromatic nitrogens is 6. The summed E-state index contributed by atoms with van der Waals surface area (Å²) >= 11 is 7.54. The zero-order valence-corrected chi connectivity index (χ0v) is 18.6. The molecule has 2 fully saturated rings. The number of nitrogens with zero attached hydrogens (tertiary/aromatic N) is 7.